The van der Waals surface area contributed by atoms with Gasteiger partial charge in [-0.25, -0.2) is 0 Å². The second kappa shape index (κ2) is 8.41. The maximum atomic E-state index is 5.61. The van der Waals surface area contributed by atoms with Gasteiger partial charge in [-0.05, 0) is 42.0 Å². The smallest absolute Gasteiger partial charge is 0.189 e. The first-order chi connectivity index (χ1) is 13.3. The van der Waals surface area contributed by atoms with Crippen molar-refractivity contribution in [3.63, 3.8) is 0 Å². The number of hydrogen-bond acceptors (Lipinski definition) is 6. The zero-order valence-corrected chi connectivity index (χ0v) is 15.9. The molecule has 7 nitrogen and oxygen atoms in total. The van der Waals surface area contributed by atoms with E-state index < -0.39 is 0 Å². The third kappa shape index (κ3) is 4.40. The molecule has 1 saturated heterocycles. The van der Waals surface area contributed by atoms with Gasteiger partial charge in [0.1, 0.15) is 11.4 Å². The van der Waals surface area contributed by atoms with Crippen molar-refractivity contribution in [3.05, 3.63) is 54.1 Å². The fraction of sp³-hybridized carbons (Fsp3) is 0.368. The van der Waals surface area contributed by atoms with Gasteiger partial charge in [0.25, 0.3) is 0 Å². The van der Waals surface area contributed by atoms with Crippen molar-refractivity contribution < 1.29 is 4.74 Å². The summed E-state index contributed by atoms with van der Waals surface area (Å²) in [7, 11) is 0. The minimum absolute atomic E-state index is 0.611. The second-order valence-electron chi connectivity index (χ2n) is 6.54. The molecular formula is C19H22N6OS. The van der Waals surface area contributed by atoms with Gasteiger partial charge in [0, 0.05) is 57.7 Å². The number of pyridine rings is 2. The Labute approximate surface area is 164 Å². The first-order valence-corrected chi connectivity index (χ1v) is 9.51. The fourth-order valence-electron chi connectivity index (χ4n) is 3.25. The van der Waals surface area contributed by atoms with Crippen molar-refractivity contribution in [2.45, 2.75) is 13.0 Å². The third-order valence-corrected chi connectivity index (χ3v) is 5.09. The molecule has 2 aromatic rings. The van der Waals surface area contributed by atoms with E-state index in [1.165, 1.54) is 5.56 Å². The van der Waals surface area contributed by atoms with Gasteiger partial charge in [0.2, 0.25) is 0 Å². The average Bonchev–Trinajstić information content (AvgIpc) is 2.73. The van der Waals surface area contributed by atoms with Crippen LogP contribution >= 0.6 is 12.2 Å². The van der Waals surface area contributed by atoms with Crippen molar-refractivity contribution >= 4 is 23.0 Å². The largest absolute Gasteiger partial charge is 0.491 e. The number of fused-ring (bicyclic) bond motifs is 1. The molecule has 0 aliphatic carbocycles. The van der Waals surface area contributed by atoms with Crippen molar-refractivity contribution in [1.82, 2.24) is 25.2 Å². The molecule has 1 fully saturated rings. The molecule has 0 spiro atoms. The van der Waals surface area contributed by atoms with Crippen LogP contribution in [0.1, 0.15) is 17.7 Å². The number of piperazine rings is 1. The highest BCUT2D eigenvalue weighted by Crippen LogP contribution is 2.21. The van der Waals surface area contributed by atoms with E-state index in [1.807, 2.05) is 24.5 Å². The normalized spacial score (nSPS) is 18.7. The fourth-order valence-corrected chi connectivity index (χ4v) is 3.48. The zero-order valence-electron chi connectivity index (χ0n) is 15.0. The number of nitrogens with one attached hydrogen (secondary N) is 1. The lowest BCUT2D eigenvalue weighted by atomic mass is 10.1. The summed E-state index contributed by atoms with van der Waals surface area (Å²) >= 11 is 5.54. The maximum Gasteiger partial charge on any atom is 0.189 e. The molecule has 8 heteroatoms. The third-order valence-electron chi connectivity index (χ3n) is 4.74. The van der Waals surface area contributed by atoms with E-state index in [1.54, 1.807) is 6.20 Å². The molecule has 27 heavy (non-hydrogen) atoms. The minimum atomic E-state index is 0.611. The first kappa shape index (κ1) is 17.8. The second-order valence-corrected chi connectivity index (χ2v) is 6.93. The molecule has 1 N–H and O–H groups in total. The van der Waals surface area contributed by atoms with Crippen LogP contribution in [0, 0.1) is 0 Å². The van der Waals surface area contributed by atoms with Gasteiger partial charge in [-0.3, -0.25) is 20.3 Å². The highest BCUT2D eigenvalue weighted by atomic mass is 32.1. The molecule has 4 rings (SSSR count). The van der Waals surface area contributed by atoms with Crippen LogP contribution in [0.15, 0.2) is 48.0 Å². The summed E-state index contributed by atoms with van der Waals surface area (Å²) in [5, 5.41) is 5.17. The molecule has 4 heterocycles. The van der Waals surface area contributed by atoms with Gasteiger partial charge in [-0.2, -0.15) is 5.10 Å². The van der Waals surface area contributed by atoms with Crippen molar-refractivity contribution in [2.75, 3.05) is 32.8 Å². The van der Waals surface area contributed by atoms with Crippen LogP contribution in [0.4, 0.5) is 0 Å². The number of hydrogen-bond donors (Lipinski definition) is 1. The monoisotopic (exact) mass is 382 g/mol. The molecule has 0 atom stereocenters. The Hall–Kier alpha value is -2.58. The van der Waals surface area contributed by atoms with Crippen molar-refractivity contribution in [3.8, 4) is 5.75 Å². The highest BCUT2D eigenvalue weighted by Gasteiger charge is 2.21. The molecule has 2 aliphatic heterocycles. The van der Waals surface area contributed by atoms with Gasteiger partial charge in [0.05, 0.1) is 12.3 Å². The Balaban J connectivity index is 1.30. The average molecular weight is 382 g/mol. The van der Waals surface area contributed by atoms with E-state index in [2.05, 4.69) is 42.4 Å². The van der Waals surface area contributed by atoms with E-state index in [0.717, 1.165) is 56.3 Å². The highest BCUT2D eigenvalue weighted by molar-refractivity contribution is 7.80. The standard InChI is InChI=1S/C19H22N6OS/c27-19(23-22-16-5-13-26-17-2-1-6-21-18(16)17)25-11-9-24(10-12-25)14-15-3-7-20-8-4-15/h1-4,6-8H,5,9-14H2,(H,23,27)/b22-16-. The van der Waals surface area contributed by atoms with Gasteiger partial charge < -0.3 is 9.64 Å². The van der Waals surface area contributed by atoms with Crippen LogP contribution in [0.2, 0.25) is 0 Å². The molecule has 2 aliphatic rings. The summed E-state index contributed by atoms with van der Waals surface area (Å²) in [6.07, 6.45) is 6.16. The lowest BCUT2D eigenvalue weighted by Crippen LogP contribution is -2.50. The predicted molar refractivity (Wildman–Crippen MR) is 108 cm³/mol. The van der Waals surface area contributed by atoms with E-state index in [4.69, 9.17) is 17.0 Å². The summed E-state index contributed by atoms with van der Waals surface area (Å²) < 4.78 is 5.61. The quantitative estimate of drug-likeness (QED) is 0.640. The molecule has 0 amide bonds. The Morgan fingerprint density at radius 3 is 2.78 bits per heavy atom. The van der Waals surface area contributed by atoms with Gasteiger partial charge in [0.15, 0.2) is 5.11 Å². The van der Waals surface area contributed by atoms with E-state index >= 15 is 0 Å². The number of rotatable bonds is 3. The van der Waals surface area contributed by atoms with Crippen LogP contribution in [-0.2, 0) is 6.54 Å². The van der Waals surface area contributed by atoms with Gasteiger partial charge in [-0.1, -0.05) is 0 Å². The molecule has 0 aromatic carbocycles. The van der Waals surface area contributed by atoms with Crippen molar-refractivity contribution in [2.24, 2.45) is 5.10 Å². The molecule has 0 radical (unpaired) electrons. The molecule has 140 valence electrons. The minimum Gasteiger partial charge on any atom is -0.491 e. The SMILES string of the molecule is S=C(N/N=C1/CCOc2cccnc21)N1CCN(Cc2ccncc2)CC1. The van der Waals surface area contributed by atoms with Crippen LogP contribution in [-0.4, -0.2) is 63.4 Å². The lowest BCUT2D eigenvalue weighted by Gasteiger charge is -2.35. The molecule has 0 saturated carbocycles. The molecule has 0 bridgehead atoms. The van der Waals surface area contributed by atoms with E-state index in [-0.39, 0.29) is 0 Å². The van der Waals surface area contributed by atoms with E-state index in [9.17, 15) is 0 Å². The summed E-state index contributed by atoms with van der Waals surface area (Å²) in [6.45, 7) is 5.28. The molecular weight excluding hydrogens is 360 g/mol. The summed E-state index contributed by atoms with van der Waals surface area (Å²) in [5.41, 5.74) is 6.02. The van der Waals surface area contributed by atoms with Crippen molar-refractivity contribution in [1.29, 1.82) is 0 Å². The Kier molecular flexibility index (Phi) is 5.55. The van der Waals surface area contributed by atoms with E-state index in [0.29, 0.717) is 11.7 Å². The first-order valence-electron chi connectivity index (χ1n) is 9.10. The maximum absolute atomic E-state index is 5.61. The summed E-state index contributed by atoms with van der Waals surface area (Å²) in [5.74, 6) is 0.778. The van der Waals surface area contributed by atoms with Crippen LogP contribution in [0.3, 0.4) is 0 Å². The summed E-state index contributed by atoms with van der Waals surface area (Å²) in [4.78, 5) is 13.0. The number of nitrogens with zero attached hydrogens (tertiary/aromatic N) is 5. The number of aromatic nitrogens is 2. The zero-order chi connectivity index (χ0) is 18.5. The summed E-state index contributed by atoms with van der Waals surface area (Å²) in [6, 6.07) is 7.91. The molecule has 2 aromatic heterocycles. The number of ether oxygens (including phenoxy) is 1. The molecule has 0 unspecified atom stereocenters. The Morgan fingerprint density at radius 2 is 1.96 bits per heavy atom. The Bertz CT molecular complexity index is 820. The Morgan fingerprint density at radius 1 is 1.15 bits per heavy atom. The van der Waals surface area contributed by atoms with Crippen LogP contribution < -0.4 is 10.2 Å². The lowest BCUT2D eigenvalue weighted by molar-refractivity contribution is 0.174. The number of hydrazone groups is 1. The predicted octanol–water partition coefficient (Wildman–Crippen LogP) is 1.66. The van der Waals surface area contributed by atoms with Crippen LogP contribution in [0.5, 0.6) is 5.75 Å². The van der Waals surface area contributed by atoms with Gasteiger partial charge in [-0.15, -0.1) is 0 Å². The van der Waals surface area contributed by atoms with Crippen LogP contribution in [0.25, 0.3) is 0 Å². The topological polar surface area (TPSA) is 65.9 Å². The number of thiocarbonyl (C=S) groups is 1. The van der Waals surface area contributed by atoms with Gasteiger partial charge >= 0.3 is 0 Å².